The van der Waals surface area contributed by atoms with Crippen LogP contribution in [0.4, 0.5) is 0 Å². The van der Waals surface area contributed by atoms with Gasteiger partial charge in [0.25, 0.3) is 0 Å². The smallest absolute Gasteiger partial charge is 0.223 e. The molecule has 2 atom stereocenters. The topological polar surface area (TPSA) is 41.1 Å². The van der Waals surface area contributed by atoms with Crippen LogP contribution in [0.25, 0.3) is 0 Å². The number of nitrogens with one attached hydrogen (secondary N) is 2. The Morgan fingerprint density at radius 1 is 1.39 bits per heavy atom. The third kappa shape index (κ3) is 3.84. The summed E-state index contributed by atoms with van der Waals surface area (Å²) < 4.78 is 0. The molecule has 0 bridgehead atoms. The van der Waals surface area contributed by atoms with Crippen molar-refractivity contribution in [1.29, 1.82) is 0 Å². The quantitative estimate of drug-likeness (QED) is 0.849. The monoisotopic (exact) mass is 246 g/mol. The van der Waals surface area contributed by atoms with Crippen molar-refractivity contribution >= 4 is 5.91 Å². The van der Waals surface area contributed by atoms with Crippen molar-refractivity contribution in [3.8, 4) is 0 Å². The van der Waals surface area contributed by atoms with Crippen molar-refractivity contribution < 1.29 is 4.79 Å². The van der Waals surface area contributed by atoms with E-state index < -0.39 is 0 Å². The van der Waals surface area contributed by atoms with Gasteiger partial charge in [-0.3, -0.25) is 4.79 Å². The van der Waals surface area contributed by atoms with Gasteiger partial charge in [0.15, 0.2) is 0 Å². The van der Waals surface area contributed by atoms with Crippen LogP contribution in [0, 0.1) is 5.92 Å². The predicted octanol–water partition coefficient (Wildman–Crippen LogP) is 1.73. The minimum absolute atomic E-state index is 0.192. The number of hydrogen-bond donors (Lipinski definition) is 2. The van der Waals surface area contributed by atoms with Crippen LogP contribution in [0.15, 0.2) is 30.3 Å². The molecule has 0 aromatic heterocycles. The van der Waals surface area contributed by atoms with Crippen LogP contribution in [-0.2, 0) is 11.2 Å². The van der Waals surface area contributed by atoms with Crippen LogP contribution in [0.2, 0.25) is 0 Å². The zero-order chi connectivity index (χ0) is 12.8. The Hall–Kier alpha value is -1.35. The van der Waals surface area contributed by atoms with E-state index in [1.807, 2.05) is 18.2 Å². The molecule has 1 aromatic carbocycles. The standard InChI is InChI=1S/C15H22N2O/c1-12-11-14(8-10-16-12)15(18)17-9-7-13-5-3-2-4-6-13/h2-6,12,14,16H,7-11H2,1H3,(H,17,18)/t12-,14-/m0/s1. The van der Waals surface area contributed by atoms with E-state index in [0.29, 0.717) is 6.04 Å². The molecular formula is C15H22N2O. The van der Waals surface area contributed by atoms with Crippen molar-refractivity contribution in [1.82, 2.24) is 10.6 Å². The van der Waals surface area contributed by atoms with Crippen molar-refractivity contribution in [3.05, 3.63) is 35.9 Å². The van der Waals surface area contributed by atoms with Gasteiger partial charge in [0, 0.05) is 18.5 Å². The van der Waals surface area contributed by atoms with Crippen molar-refractivity contribution in [2.24, 2.45) is 5.92 Å². The summed E-state index contributed by atoms with van der Waals surface area (Å²) in [4.78, 5) is 12.0. The average Bonchev–Trinajstić information content (AvgIpc) is 2.40. The Morgan fingerprint density at radius 3 is 2.89 bits per heavy atom. The molecule has 1 heterocycles. The lowest BCUT2D eigenvalue weighted by Gasteiger charge is -2.27. The number of rotatable bonds is 4. The van der Waals surface area contributed by atoms with Crippen LogP contribution in [0.5, 0.6) is 0 Å². The fourth-order valence-electron chi connectivity index (χ4n) is 2.49. The Morgan fingerprint density at radius 2 is 2.17 bits per heavy atom. The fraction of sp³-hybridized carbons (Fsp3) is 0.533. The van der Waals surface area contributed by atoms with Gasteiger partial charge < -0.3 is 10.6 Å². The molecule has 1 aromatic rings. The van der Waals surface area contributed by atoms with Crippen LogP contribution in [0.3, 0.4) is 0 Å². The maximum Gasteiger partial charge on any atom is 0.223 e. The van der Waals surface area contributed by atoms with Gasteiger partial charge in [-0.15, -0.1) is 0 Å². The summed E-state index contributed by atoms with van der Waals surface area (Å²) in [5, 5.41) is 6.42. The number of carbonyl (C=O) groups is 1. The lowest BCUT2D eigenvalue weighted by Crippen LogP contribution is -2.42. The molecular weight excluding hydrogens is 224 g/mol. The molecule has 18 heavy (non-hydrogen) atoms. The zero-order valence-electron chi connectivity index (χ0n) is 11.0. The molecule has 3 heteroatoms. The lowest BCUT2D eigenvalue weighted by atomic mass is 9.92. The van der Waals surface area contributed by atoms with E-state index in [0.717, 1.165) is 32.4 Å². The molecule has 0 saturated carbocycles. The second-order valence-electron chi connectivity index (χ2n) is 5.10. The molecule has 0 aliphatic carbocycles. The highest BCUT2D eigenvalue weighted by molar-refractivity contribution is 5.78. The summed E-state index contributed by atoms with van der Waals surface area (Å²) in [6.45, 7) is 3.84. The Labute approximate surface area is 109 Å². The van der Waals surface area contributed by atoms with Crippen LogP contribution in [0.1, 0.15) is 25.3 Å². The molecule has 0 radical (unpaired) electrons. The molecule has 0 unspecified atom stereocenters. The summed E-state index contributed by atoms with van der Waals surface area (Å²) in [6, 6.07) is 10.7. The molecule has 3 nitrogen and oxygen atoms in total. The molecule has 2 N–H and O–H groups in total. The normalized spacial score (nSPS) is 23.6. The average molecular weight is 246 g/mol. The summed E-state index contributed by atoms with van der Waals surface area (Å²) >= 11 is 0. The van der Waals surface area contributed by atoms with Gasteiger partial charge >= 0.3 is 0 Å². The predicted molar refractivity (Wildman–Crippen MR) is 73.3 cm³/mol. The number of hydrogen-bond acceptors (Lipinski definition) is 2. The number of carbonyl (C=O) groups excluding carboxylic acids is 1. The molecule has 1 saturated heterocycles. The molecule has 0 spiro atoms. The van der Waals surface area contributed by atoms with Gasteiger partial charge in [-0.05, 0) is 38.3 Å². The summed E-state index contributed by atoms with van der Waals surface area (Å²) in [6.07, 6.45) is 2.83. The minimum atomic E-state index is 0.192. The minimum Gasteiger partial charge on any atom is -0.356 e. The molecule has 1 aliphatic heterocycles. The van der Waals surface area contributed by atoms with Crippen molar-refractivity contribution in [2.75, 3.05) is 13.1 Å². The van der Waals surface area contributed by atoms with Crippen molar-refractivity contribution in [2.45, 2.75) is 32.2 Å². The largest absolute Gasteiger partial charge is 0.356 e. The SMILES string of the molecule is C[C@H]1C[C@@H](C(=O)NCCc2ccccc2)CCN1. The first-order valence-electron chi connectivity index (χ1n) is 6.80. The first-order chi connectivity index (χ1) is 8.75. The number of benzene rings is 1. The van der Waals surface area contributed by atoms with Gasteiger partial charge in [0.05, 0.1) is 0 Å². The van der Waals surface area contributed by atoms with Crippen molar-refractivity contribution in [3.63, 3.8) is 0 Å². The van der Waals surface area contributed by atoms with Gasteiger partial charge in [-0.25, -0.2) is 0 Å². The number of amides is 1. The molecule has 2 rings (SSSR count). The van der Waals surface area contributed by atoms with Gasteiger partial charge in [-0.1, -0.05) is 30.3 Å². The van der Waals surface area contributed by atoms with E-state index >= 15 is 0 Å². The highest BCUT2D eigenvalue weighted by atomic mass is 16.1. The van der Waals surface area contributed by atoms with Gasteiger partial charge in [0.1, 0.15) is 0 Å². The molecule has 1 aliphatic rings. The Bertz CT molecular complexity index is 377. The maximum atomic E-state index is 12.0. The third-order valence-electron chi connectivity index (χ3n) is 3.55. The van der Waals surface area contributed by atoms with E-state index in [9.17, 15) is 4.79 Å². The van der Waals surface area contributed by atoms with E-state index in [1.54, 1.807) is 0 Å². The number of piperidine rings is 1. The maximum absolute atomic E-state index is 12.0. The third-order valence-corrected chi connectivity index (χ3v) is 3.55. The van der Waals surface area contributed by atoms with Gasteiger partial charge in [0.2, 0.25) is 5.91 Å². The van der Waals surface area contributed by atoms with E-state index in [2.05, 4.69) is 29.7 Å². The van der Waals surface area contributed by atoms with Crippen LogP contribution >= 0.6 is 0 Å². The molecule has 1 fully saturated rings. The van der Waals surface area contributed by atoms with E-state index in [1.165, 1.54) is 5.56 Å². The van der Waals surface area contributed by atoms with Crippen LogP contribution < -0.4 is 10.6 Å². The highest BCUT2D eigenvalue weighted by Gasteiger charge is 2.24. The molecule has 1 amide bonds. The van der Waals surface area contributed by atoms with Gasteiger partial charge in [-0.2, -0.15) is 0 Å². The Kier molecular flexibility index (Phi) is 4.76. The first-order valence-corrected chi connectivity index (χ1v) is 6.80. The highest BCUT2D eigenvalue weighted by Crippen LogP contribution is 2.15. The zero-order valence-corrected chi connectivity index (χ0v) is 11.0. The van der Waals surface area contributed by atoms with Crippen LogP contribution in [-0.4, -0.2) is 25.0 Å². The first kappa shape index (κ1) is 13.1. The summed E-state index contributed by atoms with van der Waals surface area (Å²) in [5.41, 5.74) is 1.27. The summed E-state index contributed by atoms with van der Waals surface area (Å²) in [5.74, 6) is 0.413. The molecule has 98 valence electrons. The Balaban J connectivity index is 1.71. The lowest BCUT2D eigenvalue weighted by molar-refractivity contribution is -0.126. The summed E-state index contributed by atoms with van der Waals surface area (Å²) in [7, 11) is 0. The second-order valence-corrected chi connectivity index (χ2v) is 5.10. The van der Waals surface area contributed by atoms with E-state index in [-0.39, 0.29) is 11.8 Å². The fourth-order valence-corrected chi connectivity index (χ4v) is 2.49. The van der Waals surface area contributed by atoms with E-state index in [4.69, 9.17) is 0 Å². The second kappa shape index (κ2) is 6.55.